The van der Waals surface area contributed by atoms with Gasteiger partial charge in [0, 0.05) is 6.42 Å². The molecule has 0 amide bonds. The number of fused-ring (bicyclic) bond motifs is 1. The van der Waals surface area contributed by atoms with Gasteiger partial charge in [0.05, 0.1) is 0 Å². The lowest BCUT2D eigenvalue weighted by atomic mass is 9.48. The van der Waals surface area contributed by atoms with Gasteiger partial charge in [-0.05, 0) is 67.6 Å². The van der Waals surface area contributed by atoms with Gasteiger partial charge in [-0.1, -0.05) is 45.8 Å². The van der Waals surface area contributed by atoms with E-state index in [-0.39, 0.29) is 5.92 Å². The summed E-state index contributed by atoms with van der Waals surface area (Å²) in [4.78, 5) is 10.9. The van der Waals surface area contributed by atoms with E-state index in [1.54, 1.807) is 5.57 Å². The van der Waals surface area contributed by atoms with Crippen LogP contribution in [0, 0.1) is 28.6 Å². The second kappa shape index (κ2) is 6.37. The third-order valence-electron chi connectivity index (χ3n) is 6.77. The normalized spacial score (nSPS) is 35.4. The minimum atomic E-state index is -0.661. The second-order valence-corrected chi connectivity index (χ2v) is 8.92. The van der Waals surface area contributed by atoms with Gasteiger partial charge in [0.25, 0.3) is 0 Å². The van der Waals surface area contributed by atoms with Crippen LogP contribution >= 0.6 is 0 Å². The molecule has 0 aromatic heterocycles. The zero-order chi connectivity index (χ0) is 16.5. The van der Waals surface area contributed by atoms with Crippen molar-refractivity contribution in [1.29, 1.82) is 0 Å². The summed E-state index contributed by atoms with van der Waals surface area (Å²) in [6.07, 6.45) is 10.2. The number of hydrogen-bond donors (Lipinski definition) is 1. The maximum absolute atomic E-state index is 10.9. The van der Waals surface area contributed by atoms with Gasteiger partial charge in [-0.25, -0.2) is 0 Å². The second-order valence-electron chi connectivity index (χ2n) is 8.92. The molecule has 1 fully saturated rings. The van der Waals surface area contributed by atoms with E-state index in [2.05, 4.69) is 40.7 Å². The number of carboxylic acid groups (broad SMARTS) is 1. The van der Waals surface area contributed by atoms with Gasteiger partial charge >= 0.3 is 5.97 Å². The summed E-state index contributed by atoms with van der Waals surface area (Å²) in [6.45, 7) is 11.8. The van der Waals surface area contributed by atoms with Crippen LogP contribution in [-0.2, 0) is 4.79 Å². The van der Waals surface area contributed by atoms with Crippen molar-refractivity contribution in [3.8, 4) is 0 Å². The Kier molecular flexibility index (Phi) is 5.09. The van der Waals surface area contributed by atoms with Crippen molar-refractivity contribution in [2.24, 2.45) is 28.6 Å². The standard InChI is InChI=1S/C20H34O2/c1-14(13-18(21)22)7-9-16-15(2)8-10-17-19(3,4)11-6-12-20(16,17)5/h8,14,16-17H,6-7,9-13H2,1-5H3,(H,21,22)/t14-,16-,17-,20+/m0/s1. The summed E-state index contributed by atoms with van der Waals surface area (Å²) in [5.41, 5.74) is 2.40. The van der Waals surface area contributed by atoms with Crippen molar-refractivity contribution in [1.82, 2.24) is 0 Å². The molecule has 0 aliphatic heterocycles. The first kappa shape index (κ1) is 17.6. The lowest BCUT2D eigenvalue weighted by Crippen LogP contribution is -2.48. The van der Waals surface area contributed by atoms with E-state index in [0.29, 0.717) is 23.2 Å². The van der Waals surface area contributed by atoms with Crippen LogP contribution in [0.3, 0.4) is 0 Å². The molecule has 0 unspecified atom stereocenters. The molecule has 4 atom stereocenters. The van der Waals surface area contributed by atoms with Gasteiger partial charge in [0.15, 0.2) is 0 Å². The highest BCUT2D eigenvalue weighted by atomic mass is 16.4. The predicted molar refractivity (Wildman–Crippen MR) is 91.7 cm³/mol. The number of aliphatic carboxylic acids is 1. The fourth-order valence-corrected chi connectivity index (χ4v) is 5.55. The van der Waals surface area contributed by atoms with Gasteiger partial charge in [-0.2, -0.15) is 0 Å². The molecule has 2 rings (SSSR count). The van der Waals surface area contributed by atoms with Crippen LogP contribution in [0.25, 0.3) is 0 Å². The van der Waals surface area contributed by atoms with Crippen LogP contribution in [0.5, 0.6) is 0 Å². The average Bonchev–Trinajstić information content (AvgIpc) is 2.35. The van der Waals surface area contributed by atoms with Crippen molar-refractivity contribution >= 4 is 5.97 Å². The van der Waals surface area contributed by atoms with Gasteiger partial charge in [0.2, 0.25) is 0 Å². The maximum Gasteiger partial charge on any atom is 0.303 e. The molecule has 0 saturated heterocycles. The van der Waals surface area contributed by atoms with Crippen molar-refractivity contribution in [2.45, 2.75) is 79.6 Å². The molecule has 0 heterocycles. The lowest BCUT2D eigenvalue weighted by molar-refractivity contribution is -0.138. The molecule has 1 saturated carbocycles. The summed E-state index contributed by atoms with van der Waals surface area (Å²) in [6, 6.07) is 0. The molecule has 22 heavy (non-hydrogen) atoms. The highest BCUT2D eigenvalue weighted by Crippen LogP contribution is 2.60. The molecule has 0 bridgehead atoms. The average molecular weight is 306 g/mol. The van der Waals surface area contributed by atoms with Gasteiger partial charge in [0.1, 0.15) is 0 Å². The quantitative estimate of drug-likeness (QED) is 0.664. The number of carbonyl (C=O) groups is 1. The highest BCUT2D eigenvalue weighted by Gasteiger charge is 2.51. The third kappa shape index (κ3) is 3.41. The molecule has 2 aliphatic carbocycles. The maximum atomic E-state index is 10.9. The highest BCUT2D eigenvalue weighted by molar-refractivity contribution is 5.66. The number of carboxylic acids is 1. The Balaban J connectivity index is 2.13. The van der Waals surface area contributed by atoms with Crippen molar-refractivity contribution in [3.63, 3.8) is 0 Å². The van der Waals surface area contributed by atoms with E-state index >= 15 is 0 Å². The SMILES string of the molecule is CC1=CC[C@H]2C(C)(C)CCC[C@]2(C)[C@H]1CC[C@H](C)CC(=O)O. The molecule has 0 radical (unpaired) electrons. The summed E-state index contributed by atoms with van der Waals surface area (Å²) < 4.78 is 0. The fraction of sp³-hybridized carbons (Fsp3) is 0.850. The molecule has 0 aromatic carbocycles. The number of rotatable bonds is 5. The Labute approximate surface area is 136 Å². The zero-order valence-electron chi connectivity index (χ0n) is 15.1. The Hall–Kier alpha value is -0.790. The Morgan fingerprint density at radius 3 is 2.68 bits per heavy atom. The van der Waals surface area contributed by atoms with Gasteiger partial charge in [-0.3, -0.25) is 4.79 Å². The smallest absolute Gasteiger partial charge is 0.303 e. The van der Waals surface area contributed by atoms with Crippen LogP contribution < -0.4 is 0 Å². The lowest BCUT2D eigenvalue weighted by Gasteiger charge is -2.57. The summed E-state index contributed by atoms with van der Waals surface area (Å²) in [7, 11) is 0. The molecular weight excluding hydrogens is 272 g/mol. The Morgan fingerprint density at radius 1 is 1.36 bits per heavy atom. The van der Waals surface area contributed by atoms with Gasteiger partial charge < -0.3 is 5.11 Å². The molecular formula is C20H34O2. The Bertz CT molecular complexity index is 449. The van der Waals surface area contributed by atoms with E-state index in [4.69, 9.17) is 5.11 Å². The van der Waals surface area contributed by atoms with Crippen molar-refractivity contribution in [2.75, 3.05) is 0 Å². The first-order valence-electron chi connectivity index (χ1n) is 9.05. The zero-order valence-corrected chi connectivity index (χ0v) is 15.1. The molecule has 2 nitrogen and oxygen atoms in total. The molecule has 1 N–H and O–H groups in total. The van der Waals surface area contributed by atoms with Crippen molar-refractivity contribution in [3.05, 3.63) is 11.6 Å². The summed E-state index contributed by atoms with van der Waals surface area (Å²) in [5, 5.41) is 8.97. The first-order chi connectivity index (χ1) is 10.2. The van der Waals surface area contributed by atoms with Crippen LogP contribution in [-0.4, -0.2) is 11.1 Å². The largest absolute Gasteiger partial charge is 0.481 e. The third-order valence-corrected chi connectivity index (χ3v) is 6.77. The molecule has 2 heteroatoms. The molecule has 2 aliphatic rings. The Morgan fingerprint density at radius 2 is 2.05 bits per heavy atom. The fourth-order valence-electron chi connectivity index (χ4n) is 5.55. The van der Waals surface area contributed by atoms with Crippen molar-refractivity contribution < 1.29 is 9.90 Å². The number of hydrogen-bond acceptors (Lipinski definition) is 1. The molecule has 0 spiro atoms. The van der Waals surface area contributed by atoms with E-state index in [1.165, 1.54) is 25.7 Å². The van der Waals surface area contributed by atoms with E-state index in [9.17, 15) is 4.79 Å². The minimum Gasteiger partial charge on any atom is -0.481 e. The minimum absolute atomic E-state index is 0.283. The van der Waals surface area contributed by atoms with Gasteiger partial charge in [-0.15, -0.1) is 0 Å². The van der Waals surface area contributed by atoms with Crippen LogP contribution in [0.1, 0.15) is 79.6 Å². The van der Waals surface area contributed by atoms with E-state index in [1.807, 2.05) is 0 Å². The molecule has 0 aromatic rings. The first-order valence-corrected chi connectivity index (χ1v) is 9.05. The van der Waals surface area contributed by atoms with E-state index < -0.39 is 5.97 Å². The van der Waals surface area contributed by atoms with Crippen LogP contribution in [0.2, 0.25) is 0 Å². The van der Waals surface area contributed by atoms with Crippen LogP contribution in [0.4, 0.5) is 0 Å². The van der Waals surface area contributed by atoms with E-state index in [0.717, 1.165) is 18.8 Å². The van der Waals surface area contributed by atoms with Crippen LogP contribution in [0.15, 0.2) is 11.6 Å². The summed E-state index contributed by atoms with van der Waals surface area (Å²) in [5.74, 6) is 1.04. The predicted octanol–water partition coefficient (Wildman–Crippen LogP) is 5.68. The number of allylic oxidation sites excluding steroid dienone is 2. The monoisotopic (exact) mass is 306 g/mol. The summed E-state index contributed by atoms with van der Waals surface area (Å²) >= 11 is 0. The molecule has 126 valence electrons. The topological polar surface area (TPSA) is 37.3 Å².